The van der Waals surface area contributed by atoms with Crippen LogP contribution in [0.5, 0.6) is 0 Å². The van der Waals surface area contributed by atoms with Crippen molar-refractivity contribution >= 4 is 75.1 Å². The zero-order valence-corrected chi connectivity index (χ0v) is 28.6. The molecule has 0 amide bonds. The third-order valence-corrected chi connectivity index (χ3v) is 11.5. The molecule has 0 aliphatic carbocycles. The second-order valence-electron chi connectivity index (χ2n) is 14.2. The maximum atomic E-state index is 2.46. The lowest BCUT2D eigenvalue weighted by Gasteiger charge is -2.19. The van der Waals surface area contributed by atoms with E-state index in [1.54, 1.807) is 0 Å². The van der Waals surface area contributed by atoms with Crippen molar-refractivity contribution in [1.82, 2.24) is 9.13 Å². The highest BCUT2D eigenvalue weighted by Gasteiger charge is 2.19. The van der Waals surface area contributed by atoms with Crippen molar-refractivity contribution in [3.8, 4) is 22.5 Å². The van der Waals surface area contributed by atoms with Crippen molar-refractivity contribution in [2.75, 3.05) is 0 Å². The Kier molecular flexibility index (Phi) is 6.04. The number of hydrogen-bond acceptors (Lipinski definition) is 1. The topological polar surface area (TPSA) is 9.86 Å². The molecule has 0 aliphatic heterocycles. The van der Waals surface area contributed by atoms with Gasteiger partial charge >= 0.3 is 0 Å². The van der Waals surface area contributed by atoms with Crippen molar-refractivity contribution in [2.24, 2.45) is 0 Å². The number of thiophene rings is 1. The zero-order valence-electron chi connectivity index (χ0n) is 27.7. The first kappa shape index (κ1) is 28.4. The minimum atomic E-state index is 0.0982. The quantitative estimate of drug-likeness (QED) is 0.181. The van der Waals surface area contributed by atoms with Gasteiger partial charge in [-0.05, 0) is 76.7 Å². The summed E-state index contributed by atoms with van der Waals surface area (Å²) in [6.07, 6.45) is 0. The molecular formula is C46H34N2S. The molecule has 0 atom stereocenters. The molecule has 2 nitrogen and oxygen atoms in total. The highest BCUT2D eigenvalue weighted by Crippen LogP contribution is 2.43. The molecule has 49 heavy (non-hydrogen) atoms. The molecule has 3 heterocycles. The van der Waals surface area contributed by atoms with E-state index in [-0.39, 0.29) is 5.41 Å². The van der Waals surface area contributed by atoms with Gasteiger partial charge in [-0.15, -0.1) is 11.3 Å². The van der Waals surface area contributed by atoms with Gasteiger partial charge in [-0.25, -0.2) is 0 Å². The average Bonchev–Trinajstić information content (AvgIpc) is 3.79. The predicted octanol–water partition coefficient (Wildman–Crippen LogP) is 13.2. The first-order valence-corrected chi connectivity index (χ1v) is 17.8. The van der Waals surface area contributed by atoms with E-state index in [9.17, 15) is 0 Å². The second-order valence-corrected chi connectivity index (χ2v) is 15.3. The monoisotopic (exact) mass is 646 g/mol. The van der Waals surface area contributed by atoms with Crippen LogP contribution in [0.25, 0.3) is 86.3 Å². The Morgan fingerprint density at radius 3 is 1.63 bits per heavy atom. The van der Waals surface area contributed by atoms with Crippen LogP contribution in [0.1, 0.15) is 26.3 Å². The molecular weight excluding hydrogens is 613 g/mol. The summed E-state index contributed by atoms with van der Waals surface area (Å²) in [6.45, 7) is 6.85. The summed E-state index contributed by atoms with van der Waals surface area (Å²) in [6, 6.07) is 56.1. The lowest BCUT2D eigenvalue weighted by atomic mass is 9.86. The van der Waals surface area contributed by atoms with Crippen LogP contribution in [-0.4, -0.2) is 9.13 Å². The normalized spacial score (nSPS) is 12.4. The number of fused-ring (bicyclic) bond motifs is 10. The van der Waals surface area contributed by atoms with Gasteiger partial charge in [-0.2, -0.15) is 0 Å². The second kappa shape index (κ2) is 10.4. The highest BCUT2D eigenvalue weighted by atomic mass is 32.1. The maximum Gasteiger partial charge on any atom is 0.0719 e. The minimum Gasteiger partial charge on any atom is -0.309 e. The van der Waals surface area contributed by atoms with Crippen molar-refractivity contribution in [3.63, 3.8) is 0 Å². The molecule has 0 unspecified atom stereocenters. The third kappa shape index (κ3) is 4.25. The van der Waals surface area contributed by atoms with Crippen LogP contribution in [0, 0.1) is 0 Å². The van der Waals surface area contributed by atoms with Gasteiger partial charge < -0.3 is 9.13 Å². The minimum absolute atomic E-state index is 0.0982. The molecule has 0 saturated carbocycles. The number of benzene rings is 7. The van der Waals surface area contributed by atoms with Gasteiger partial charge in [0.2, 0.25) is 0 Å². The first-order valence-electron chi connectivity index (χ1n) is 17.0. The summed E-state index contributed by atoms with van der Waals surface area (Å²) in [4.78, 5) is 0. The summed E-state index contributed by atoms with van der Waals surface area (Å²) in [5, 5.41) is 7.84. The Hall–Kier alpha value is -5.64. The van der Waals surface area contributed by atoms with E-state index in [0.717, 1.165) is 0 Å². The standard InChI is InChI=1S/C46H34N2S/c1-46(2,3)31-20-27-42-39(28-31)35-11-5-7-13-40(35)47(42)32-21-16-29(17-22-32)30-18-23-33(24-19-30)48-41-14-8-4-10-34(41)37-25-26-38-36-12-6-9-15-43(36)49-45(38)44(37)48/h4-28H,1-3H3. The van der Waals surface area contributed by atoms with Gasteiger partial charge in [-0.3, -0.25) is 0 Å². The van der Waals surface area contributed by atoms with Crippen LogP contribution in [0.4, 0.5) is 0 Å². The molecule has 0 radical (unpaired) electrons. The molecule has 10 aromatic rings. The molecule has 3 aromatic heterocycles. The maximum absolute atomic E-state index is 2.46. The van der Waals surface area contributed by atoms with Crippen molar-refractivity contribution in [3.05, 3.63) is 157 Å². The van der Waals surface area contributed by atoms with Crippen LogP contribution in [0.3, 0.4) is 0 Å². The summed E-state index contributed by atoms with van der Waals surface area (Å²) >= 11 is 1.90. The highest BCUT2D eigenvalue weighted by molar-refractivity contribution is 7.26. The molecule has 0 spiro atoms. The van der Waals surface area contributed by atoms with E-state index in [4.69, 9.17) is 0 Å². The van der Waals surface area contributed by atoms with Gasteiger partial charge in [0.25, 0.3) is 0 Å². The summed E-state index contributed by atoms with van der Waals surface area (Å²) in [5.74, 6) is 0. The van der Waals surface area contributed by atoms with Gasteiger partial charge in [0.15, 0.2) is 0 Å². The van der Waals surface area contributed by atoms with E-state index in [1.165, 1.54) is 91.8 Å². The summed E-state index contributed by atoms with van der Waals surface area (Å²) in [7, 11) is 0. The number of rotatable bonds is 3. The molecule has 0 N–H and O–H groups in total. The fraction of sp³-hybridized carbons (Fsp3) is 0.0870. The zero-order chi connectivity index (χ0) is 32.9. The fourth-order valence-corrected chi connectivity index (χ4v) is 9.06. The van der Waals surface area contributed by atoms with E-state index >= 15 is 0 Å². The molecule has 234 valence electrons. The lowest BCUT2D eigenvalue weighted by Crippen LogP contribution is -2.10. The van der Waals surface area contributed by atoms with E-state index in [2.05, 4.69) is 182 Å². The number of hydrogen-bond donors (Lipinski definition) is 0. The Labute approximate surface area is 289 Å². The van der Waals surface area contributed by atoms with Gasteiger partial charge in [-0.1, -0.05) is 118 Å². The molecule has 3 heteroatoms. The fourth-order valence-electron chi connectivity index (χ4n) is 7.82. The van der Waals surface area contributed by atoms with Crippen molar-refractivity contribution in [1.29, 1.82) is 0 Å². The van der Waals surface area contributed by atoms with Crippen LogP contribution in [0.15, 0.2) is 152 Å². The van der Waals surface area contributed by atoms with E-state index < -0.39 is 0 Å². The number of nitrogens with zero attached hydrogens (tertiary/aromatic N) is 2. The van der Waals surface area contributed by atoms with Crippen LogP contribution in [-0.2, 0) is 5.41 Å². The van der Waals surface area contributed by atoms with Crippen LogP contribution < -0.4 is 0 Å². The Morgan fingerprint density at radius 1 is 0.429 bits per heavy atom. The molecule has 0 bridgehead atoms. The Morgan fingerprint density at radius 2 is 0.959 bits per heavy atom. The molecule has 0 fully saturated rings. The number of para-hydroxylation sites is 2. The van der Waals surface area contributed by atoms with Crippen molar-refractivity contribution < 1.29 is 0 Å². The third-order valence-electron chi connectivity index (χ3n) is 10.3. The summed E-state index contributed by atoms with van der Waals surface area (Å²) in [5.41, 5.74) is 11.2. The first-order chi connectivity index (χ1) is 23.9. The SMILES string of the molecule is CC(C)(C)c1ccc2c(c1)c1ccccc1n2-c1ccc(-c2ccc(-n3c4ccccc4c4ccc5c6ccccc6sc5c43)cc2)cc1. The molecule has 10 rings (SSSR count). The van der Waals surface area contributed by atoms with Crippen LogP contribution >= 0.6 is 11.3 Å². The number of aromatic nitrogens is 2. The van der Waals surface area contributed by atoms with Crippen molar-refractivity contribution in [2.45, 2.75) is 26.2 Å². The molecule has 0 aliphatic rings. The van der Waals surface area contributed by atoms with Crippen LogP contribution in [0.2, 0.25) is 0 Å². The Bertz CT molecular complexity index is 2890. The van der Waals surface area contributed by atoms with E-state index in [1.807, 2.05) is 11.3 Å². The predicted molar refractivity (Wildman–Crippen MR) is 212 cm³/mol. The van der Waals surface area contributed by atoms with Gasteiger partial charge in [0, 0.05) is 48.4 Å². The van der Waals surface area contributed by atoms with Gasteiger partial charge in [0.05, 0.1) is 26.8 Å². The smallest absolute Gasteiger partial charge is 0.0719 e. The molecule has 0 saturated heterocycles. The molecule has 7 aromatic carbocycles. The van der Waals surface area contributed by atoms with Gasteiger partial charge in [0.1, 0.15) is 0 Å². The summed E-state index contributed by atoms with van der Waals surface area (Å²) < 4.78 is 7.54. The average molecular weight is 647 g/mol. The van der Waals surface area contributed by atoms with E-state index in [0.29, 0.717) is 0 Å². The lowest BCUT2D eigenvalue weighted by molar-refractivity contribution is 0.591. The largest absolute Gasteiger partial charge is 0.309 e. The Balaban J connectivity index is 1.07.